The number of thioether (sulfide) groups is 1. The third-order valence-corrected chi connectivity index (χ3v) is 6.27. The topological polar surface area (TPSA) is 72.9 Å². The smallest absolute Gasteiger partial charge is 0.239 e. The van der Waals surface area contributed by atoms with Gasteiger partial charge in [0.2, 0.25) is 11.8 Å². The van der Waals surface area contributed by atoms with Gasteiger partial charge in [-0.15, -0.1) is 10.2 Å². The first-order valence-electron chi connectivity index (χ1n) is 9.49. The van der Waals surface area contributed by atoms with Crippen LogP contribution in [0.2, 0.25) is 0 Å². The minimum absolute atomic E-state index is 0.0934. The molecule has 0 spiro atoms. The number of hydrogen-bond acceptors (Lipinski definition) is 7. The minimum Gasteiger partial charge on any atom is -0.341 e. The van der Waals surface area contributed by atoms with E-state index in [1.54, 1.807) is 11.8 Å². The van der Waals surface area contributed by atoms with Crippen molar-refractivity contribution in [3.8, 4) is 0 Å². The first kappa shape index (κ1) is 15.7. The van der Waals surface area contributed by atoms with Crippen LogP contribution in [0.3, 0.4) is 0 Å². The zero-order valence-electron chi connectivity index (χ0n) is 14.6. The maximum absolute atomic E-state index is 5.49. The van der Waals surface area contributed by atoms with Crippen molar-refractivity contribution in [1.29, 1.82) is 0 Å². The highest BCUT2D eigenvalue weighted by Crippen LogP contribution is 2.44. The van der Waals surface area contributed by atoms with Crippen LogP contribution in [0, 0.1) is 0 Å². The van der Waals surface area contributed by atoms with Crippen molar-refractivity contribution in [3.05, 3.63) is 11.7 Å². The molecule has 1 atom stereocenters. The van der Waals surface area contributed by atoms with E-state index in [0.717, 1.165) is 30.0 Å². The third kappa shape index (κ3) is 3.16. The fourth-order valence-corrected chi connectivity index (χ4v) is 4.38. The van der Waals surface area contributed by atoms with Crippen molar-refractivity contribution in [2.45, 2.75) is 74.2 Å². The van der Waals surface area contributed by atoms with Gasteiger partial charge in [-0.3, -0.25) is 4.57 Å². The Morgan fingerprint density at radius 3 is 2.60 bits per heavy atom. The van der Waals surface area contributed by atoms with E-state index in [1.807, 2.05) is 0 Å². The van der Waals surface area contributed by atoms with Crippen LogP contribution in [-0.4, -0.2) is 38.0 Å². The molecule has 3 heterocycles. The highest BCUT2D eigenvalue weighted by Gasteiger charge is 2.34. The summed E-state index contributed by atoms with van der Waals surface area (Å²) in [6.45, 7) is 4.31. The number of aromatic nitrogens is 5. The number of anilines is 1. The Kier molecular flexibility index (Phi) is 3.95. The fraction of sp³-hybridized carbons (Fsp3) is 0.765. The average Bonchev–Trinajstić information content (AvgIpc) is 3.58. The third-order valence-electron chi connectivity index (χ3n) is 5.23. The molecule has 0 bridgehead atoms. The van der Waals surface area contributed by atoms with Gasteiger partial charge in [0.25, 0.3) is 0 Å². The fourth-order valence-electron chi connectivity index (χ4n) is 3.44. The van der Waals surface area contributed by atoms with Gasteiger partial charge >= 0.3 is 0 Å². The predicted octanol–water partition coefficient (Wildman–Crippen LogP) is 3.72. The Morgan fingerprint density at radius 1 is 1.08 bits per heavy atom. The van der Waals surface area contributed by atoms with Crippen molar-refractivity contribution in [2.24, 2.45) is 0 Å². The van der Waals surface area contributed by atoms with E-state index >= 15 is 0 Å². The standard InChI is InChI=1S/C17H24N6OS/c1-11(15-18-14(21-24-15)12-5-6-12)25-17-20-19-16(23(17)13-7-8-13)22-9-3-2-4-10-22/h11-13H,2-10H2,1H3. The van der Waals surface area contributed by atoms with E-state index in [1.165, 1.54) is 44.9 Å². The molecule has 1 saturated heterocycles. The highest BCUT2D eigenvalue weighted by molar-refractivity contribution is 7.99. The molecule has 0 aromatic carbocycles. The lowest BCUT2D eigenvalue weighted by Crippen LogP contribution is -2.31. The Labute approximate surface area is 151 Å². The quantitative estimate of drug-likeness (QED) is 0.727. The van der Waals surface area contributed by atoms with E-state index in [2.05, 4.69) is 36.7 Å². The molecule has 7 nitrogen and oxygen atoms in total. The number of rotatable bonds is 6. The van der Waals surface area contributed by atoms with Crippen LogP contribution < -0.4 is 4.90 Å². The Balaban J connectivity index is 1.36. The summed E-state index contributed by atoms with van der Waals surface area (Å²) in [5, 5.41) is 14.3. The molecule has 2 aromatic heterocycles. The number of hydrogen-bond donors (Lipinski definition) is 0. The molecule has 8 heteroatoms. The van der Waals surface area contributed by atoms with Crippen molar-refractivity contribution in [3.63, 3.8) is 0 Å². The lowest BCUT2D eigenvalue weighted by Gasteiger charge is -2.27. The zero-order chi connectivity index (χ0) is 16.8. The van der Waals surface area contributed by atoms with E-state index in [9.17, 15) is 0 Å². The lowest BCUT2D eigenvalue weighted by atomic mass is 10.1. The molecule has 0 radical (unpaired) electrons. The summed E-state index contributed by atoms with van der Waals surface area (Å²) < 4.78 is 7.84. The molecular weight excluding hydrogens is 336 g/mol. The summed E-state index contributed by atoms with van der Waals surface area (Å²) in [5.74, 6) is 3.16. The van der Waals surface area contributed by atoms with E-state index < -0.39 is 0 Å². The second kappa shape index (κ2) is 6.30. The second-order valence-electron chi connectivity index (χ2n) is 7.46. The highest BCUT2D eigenvalue weighted by atomic mass is 32.2. The van der Waals surface area contributed by atoms with E-state index in [-0.39, 0.29) is 5.25 Å². The monoisotopic (exact) mass is 360 g/mol. The molecule has 0 N–H and O–H groups in total. The molecule has 2 aromatic rings. The summed E-state index contributed by atoms with van der Waals surface area (Å²) >= 11 is 1.69. The summed E-state index contributed by atoms with van der Waals surface area (Å²) in [4.78, 5) is 6.99. The number of piperidine rings is 1. The van der Waals surface area contributed by atoms with Gasteiger partial charge in [-0.2, -0.15) is 4.98 Å². The van der Waals surface area contributed by atoms with Crippen LogP contribution >= 0.6 is 11.8 Å². The van der Waals surface area contributed by atoms with Crippen molar-refractivity contribution in [2.75, 3.05) is 18.0 Å². The second-order valence-corrected chi connectivity index (χ2v) is 8.76. The summed E-state index contributed by atoms with van der Waals surface area (Å²) in [6.07, 6.45) is 8.67. The molecule has 134 valence electrons. The molecule has 2 saturated carbocycles. The lowest BCUT2D eigenvalue weighted by molar-refractivity contribution is 0.374. The van der Waals surface area contributed by atoms with E-state index in [0.29, 0.717) is 17.9 Å². The Bertz CT molecular complexity index is 744. The molecule has 3 aliphatic rings. The summed E-state index contributed by atoms with van der Waals surface area (Å²) in [6, 6.07) is 0.561. The van der Waals surface area contributed by atoms with Crippen molar-refractivity contribution < 1.29 is 4.52 Å². The normalized spacial score (nSPS) is 22.4. The molecule has 0 amide bonds. The van der Waals surface area contributed by atoms with Crippen molar-refractivity contribution in [1.82, 2.24) is 24.9 Å². The number of nitrogens with zero attached hydrogens (tertiary/aromatic N) is 6. The van der Waals surface area contributed by atoms with Gasteiger partial charge in [0.05, 0.1) is 5.25 Å². The van der Waals surface area contributed by atoms with Gasteiger partial charge < -0.3 is 9.42 Å². The van der Waals surface area contributed by atoms with Gasteiger partial charge in [-0.05, 0) is 51.9 Å². The van der Waals surface area contributed by atoms with Gasteiger partial charge in [-0.25, -0.2) is 0 Å². The molecule has 3 fully saturated rings. The van der Waals surface area contributed by atoms with Crippen molar-refractivity contribution >= 4 is 17.7 Å². The summed E-state index contributed by atoms with van der Waals surface area (Å²) in [7, 11) is 0. The minimum atomic E-state index is 0.0934. The van der Waals surface area contributed by atoms with Gasteiger partial charge in [0.1, 0.15) is 0 Å². The molecule has 5 rings (SSSR count). The molecule has 2 aliphatic carbocycles. The first-order chi connectivity index (χ1) is 12.3. The Morgan fingerprint density at radius 2 is 1.88 bits per heavy atom. The molecule has 25 heavy (non-hydrogen) atoms. The predicted molar refractivity (Wildman–Crippen MR) is 94.9 cm³/mol. The maximum atomic E-state index is 5.49. The van der Waals surface area contributed by atoms with Gasteiger partial charge in [0.15, 0.2) is 11.0 Å². The van der Waals surface area contributed by atoms with Gasteiger partial charge in [-0.1, -0.05) is 16.9 Å². The molecular formula is C17H24N6OS. The average molecular weight is 360 g/mol. The zero-order valence-corrected chi connectivity index (χ0v) is 15.4. The largest absolute Gasteiger partial charge is 0.341 e. The molecule has 1 unspecified atom stereocenters. The van der Waals surface area contributed by atoms with Crippen LogP contribution in [0.1, 0.15) is 80.8 Å². The van der Waals surface area contributed by atoms with Gasteiger partial charge in [0, 0.05) is 25.0 Å². The van der Waals surface area contributed by atoms with Crippen LogP contribution in [0.25, 0.3) is 0 Å². The van der Waals surface area contributed by atoms with Crippen LogP contribution in [0.4, 0.5) is 5.95 Å². The van der Waals surface area contributed by atoms with Crippen LogP contribution in [0.5, 0.6) is 0 Å². The SMILES string of the molecule is CC(Sc1nnc(N2CCCCC2)n1C1CC1)c1nc(C2CC2)no1. The van der Waals surface area contributed by atoms with Crippen LogP contribution in [0.15, 0.2) is 9.68 Å². The maximum Gasteiger partial charge on any atom is 0.239 e. The Hall–Kier alpha value is -1.57. The van der Waals surface area contributed by atoms with Crippen LogP contribution in [-0.2, 0) is 0 Å². The summed E-state index contributed by atoms with van der Waals surface area (Å²) in [5.41, 5.74) is 0. The van der Waals surface area contributed by atoms with E-state index in [4.69, 9.17) is 4.52 Å². The first-order valence-corrected chi connectivity index (χ1v) is 10.4. The molecule has 1 aliphatic heterocycles.